The number of methoxy groups -OCH3 is 1. The number of carbonyl (C=O) groups excluding carboxylic acids is 2. The second kappa shape index (κ2) is 7.65. The number of halogens is 3. The Labute approximate surface area is 159 Å². The zero-order valence-electron chi connectivity index (χ0n) is 15.5. The molecule has 1 aromatic carbocycles. The van der Waals surface area contributed by atoms with Gasteiger partial charge >= 0.3 is 12.1 Å². The Hall–Kier alpha value is -2.84. The summed E-state index contributed by atoms with van der Waals surface area (Å²) in [6.07, 6.45) is -2.07. The van der Waals surface area contributed by atoms with Crippen LogP contribution in [0.25, 0.3) is 5.69 Å². The van der Waals surface area contributed by atoms with E-state index in [1.54, 1.807) is 11.8 Å². The van der Waals surface area contributed by atoms with Crippen LogP contribution < -0.4 is 0 Å². The van der Waals surface area contributed by atoms with E-state index in [4.69, 9.17) is 4.74 Å². The van der Waals surface area contributed by atoms with Crippen molar-refractivity contribution in [2.75, 3.05) is 20.2 Å². The third-order valence-electron chi connectivity index (χ3n) is 4.97. The molecule has 1 aromatic heterocycles. The fourth-order valence-electron chi connectivity index (χ4n) is 3.35. The monoisotopic (exact) mass is 395 g/mol. The lowest BCUT2D eigenvalue weighted by Gasteiger charge is -2.30. The van der Waals surface area contributed by atoms with E-state index in [9.17, 15) is 22.8 Å². The minimum atomic E-state index is -4.46. The van der Waals surface area contributed by atoms with Crippen molar-refractivity contribution in [2.24, 2.45) is 5.92 Å². The molecule has 1 fully saturated rings. The summed E-state index contributed by atoms with van der Waals surface area (Å²) in [7, 11) is 1.34. The predicted molar refractivity (Wildman–Crippen MR) is 93.9 cm³/mol. The molecule has 6 nitrogen and oxygen atoms in total. The Bertz CT molecular complexity index is 884. The van der Waals surface area contributed by atoms with E-state index in [0.717, 1.165) is 12.1 Å². The number of ether oxygens (including phenoxy) is 1. The molecule has 28 heavy (non-hydrogen) atoms. The Morgan fingerprint density at radius 1 is 1.21 bits per heavy atom. The molecule has 0 radical (unpaired) electrons. The molecule has 0 bridgehead atoms. The summed E-state index contributed by atoms with van der Waals surface area (Å²) in [4.78, 5) is 26.0. The molecule has 0 spiro atoms. The first-order valence-electron chi connectivity index (χ1n) is 8.81. The summed E-state index contributed by atoms with van der Waals surface area (Å²) in [6, 6.07) is 4.79. The van der Waals surface area contributed by atoms with Gasteiger partial charge in [-0.15, -0.1) is 0 Å². The summed E-state index contributed by atoms with van der Waals surface area (Å²) < 4.78 is 44.9. The summed E-state index contributed by atoms with van der Waals surface area (Å²) >= 11 is 0. The van der Waals surface area contributed by atoms with Crippen LogP contribution in [0.15, 0.2) is 30.5 Å². The minimum absolute atomic E-state index is 0.219. The molecule has 0 N–H and O–H groups in total. The Morgan fingerprint density at radius 2 is 1.89 bits per heavy atom. The standard InChI is InChI=1S/C19H20F3N3O3/c1-12-16(17(26)24-8-6-13(7-9-24)18(27)28-2)11-23-25(12)15-5-3-4-14(10-15)19(20,21)22/h3-5,10-11,13H,6-9H2,1-2H3. The molecule has 1 aliphatic heterocycles. The highest BCUT2D eigenvalue weighted by atomic mass is 19.4. The zero-order chi connectivity index (χ0) is 20.5. The number of nitrogens with zero attached hydrogens (tertiary/aromatic N) is 3. The normalized spacial score (nSPS) is 15.5. The lowest BCUT2D eigenvalue weighted by molar-refractivity contribution is -0.146. The molecule has 1 amide bonds. The lowest BCUT2D eigenvalue weighted by Crippen LogP contribution is -2.40. The van der Waals surface area contributed by atoms with Crippen molar-refractivity contribution in [3.05, 3.63) is 47.3 Å². The highest BCUT2D eigenvalue weighted by Crippen LogP contribution is 2.30. The van der Waals surface area contributed by atoms with Crippen LogP contribution in [-0.4, -0.2) is 46.8 Å². The number of hydrogen-bond acceptors (Lipinski definition) is 4. The average molecular weight is 395 g/mol. The van der Waals surface area contributed by atoms with Gasteiger partial charge in [0.2, 0.25) is 0 Å². The van der Waals surface area contributed by atoms with Crippen molar-refractivity contribution in [1.82, 2.24) is 14.7 Å². The quantitative estimate of drug-likeness (QED) is 0.749. The van der Waals surface area contributed by atoms with E-state index in [0.29, 0.717) is 37.2 Å². The number of rotatable bonds is 3. The highest BCUT2D eigenvalue weighted by molar-refractivity contribution is 5.95. The first-order valence-corrected chi connectivity index (χ1v) is 8.81. The Kier molecular flexibility index (Phi) is 5.44. The van der Waals surface area contributed by atoms with E-state index in [2.05, 4.69) is 5.10 Å². The SMILES string of the molecule is COC(=O)C1CCN(C(=O)c2cnn(-c3cccc(C(F)(F)F)c3)c2C)CC1. The van der Waals surface area contributed by atoms with Gasteiger partial charge < -0.3 is 9.64 Å². The number of amides is 1. The zero-order valence-corrected chi connectivity index (χ0v) is 15.5. The number of likely N-dealkylation sites (tertiary alicyclic amines) is 1. The Morgan fingerprint density at radius 3 is 2.50 bits per heavy atom. The topological polar surface area (TPSA) is 64.4 Å². The number of benzene rings is 1. The van der Waals surface area contributed by atoms with Crippen LogP contribution in [0.2, 0.25) is 0 Å². The summed E-state index contributed by atoms with van der Waals surface area (Å²) in [5.74, 6) is -0.748. The van der Waals surface area contributed by atoms with Crippen LogP contribution in [0.3, 0.4) is 0 Å². The van der Waals surface area contributed by atoms with Crippen LogP contribution in [0.4, 0.5) is 13.2 Å². The van der Waals surface area contributed by atoms with Crippen molar-refractivity contribution in [3.63, 3.8) is 0 Å². The number of piperidine rings is 1. The molecular formula is C19H20F3N3O3. The van der Waals surface area contributed by atoms with Crippen LogP contribution >= 0.6 is 0 Å². The molecule has 3 rings (SSSR count). The van der Waals surface area contributed by atoms with E-state index in [1.807, 2.05) is 0 Å². The molecule has 0 saturated carbocycles. The van der Waals surface area contributed by atoms with Gasteiger partial charge in [-0.3, -0.25) is 9.59 Å². The summed E-state index contributed by atoms with van der Waals surface area (Å²) in [6.45, 7) is 2.46. The lowest BCUT2D eigenvalue weighted by atomic mass is 9.96. The first kappa shape index (κ1) is 19.9. The van der Waals surface area contributed by atoms with Crippen molar-refractivity contribution in [2.45, 2.75) is 25.9 Å². The number of carbonyl (C=O) groups is 2. The van der Waals surface area contributed by atoms with Crippen LogP contribution in [-0.2, 0) is 15.7 Å². The maximum absolute atomic E-state index is 13.0. The second-order valence-electron chi connectivity index (χ2n) is 6.69. The largest absolute Gasteiger partial charge is 0.469 e. The first-order chi connectivity index (χ1) is 13.2. The number of aromatic nitrogens is 2. The number of hydrogen-bond donors (Lipinski definition) is 0. The molecule has 150 valence electrons. The van der Waals surface area contributed by atoms with Gasteiger partial charge in [0.05, 0.1) is 41.7 Å². The second-order valence-corrected chi connectivity index (χ2v) is 6.69. The average Bonchev–Trinajstić information content (AvgIpc) is 3.07. The maximum Gasteiger partial charge on any atom is 0.416 e. The van der Waals surface area contributed by atoms with Crippen LogP contribution in [0.1, 0.15) is 34.5 Å². The third kappa shape index (κ3) is 3.88. The molecule has 0 atom stereocenters. The number of esters is 1. The van der Waals surface area contributed by atoms with E-state index in [-0.39, 0.29) is 23.5 Å². The van der Waals surface area contributed by atoms with Crippen molar-refractivity contribution in [1.29, 1.82) is 0 Å². The van der Waals surface area contributed by atoms with E-state index < -0.39 is 11.7 Å². The predicted octanol–water partition coefficient (Wildman–Crippen LogP) is 3.22. The maximum atomic E-state index is 13.0. The molecule has 0 unspecified atom stereocenters. The van der Waals surface area contributed by atoms with Crippen LogP contribution in [0.5, 0.6) is 0 Å². The minimum Gasteiger partial charge on any atom is -0.469 e. The molecule has 9 heteroatoms. The van der Waals surface area contributed by atoms with Gasteiger partial charge in [0.25, 0.3) is 5.91 Å². The Balaban J connectivity index is 1.78. The van der Waals surface area contributed by atoms with Gasteiger partial charge in [0, 0.05) is 13.1 Å². The fourth-order valence-corrected chi connectivity index (χ4v) is 3.35. The van der Waals surface area contributed by atoms with Gasteiger partial charge in [0.15, 0.2) is 0 Å². The van der Waals surface area contributed by atoms with Crippen molar-refractivity contribution < 1.29 is 27.5 Å². The van der Waals surface area contributed by atoms with Gasteiger partial charge in [-0.1, -0.05) is 6.07 Å². The van der Waals surface area contributed by atoms with Crippen molar-refractivity contribution >= 4 is 11.9 Å². The molecule has 2 aromatic rings. The number of alkyl halides is 3. The molecule has 1 aliphatic rings. The molecule has 1 saturated heterocycles. The van der Waals surface area contributed by atoms with Crippen LogP contribution in [0, 0.1) is 12.8 Å². The fraction of sp³-hybridized carbons (Fsp3) is 0.421. The van der Waals surface area contributed by atoms with E-state index in [1.165, 1.54) is 30.1 Å². The van der Waals surface area contributed by atoms with Crippen molar-refractivity contribution in [3.8, 4) is 5.69 Å². The molecular weight excluding hydrogens is 375 g/mol. The third-order valence-corrected chi connectivity index (χ3v) is 4.97. The van der Waals surface area contributed by atoms with Gasteiger partial charge in [-0.05, 0) is 38.0 Å². The smallest absolute Gasteiger partial charge is 0.416 e. The molecule has 2 heterocycles. The summed E-state index contributed by atoms with van der Waals surface area (Å²) in [5, 5.41) is 4.11. The molecule has 0 aliphatic carbocycles. The van der Waals surface area contributed by atoms with Gasteiger partial charge in [-0.25, -0.2) is 4.68 Å². The highest BCUT2D eigenvalue weighted by Gasteiger charge is 2.32. The van der Waals surface area contributed by atoms with Gasteiger partial charge in [-0.2, -0.15) is 18.3 Å². The van der Waals surface area contributed by atoms with E-state index >= 15 is 0 Å². The van der Waals surface area contributed by atoms with Gasteiger partial charge in [0.1, 0.15) is 0 Å². The summed E-state index contributed by atoms with van der Waals surface area (Å²) in [5.41, 5.74) is 0.238.